The van der Waals surface area contributed by atoms with Crippen LogP contribution in [0.5, 0.6) is 0 Å². The molecule has 0 N–H and O–H groups in total. The summed E-state index contributed by atoms with van der Waals surface area (Å²) in [6, 6.07) is 0.542. The summed E-state index contributed by atoms with van der Waals surface area (Å²) in [5.74, 6) is 1.14. The predicted octanol–water partition coefficient (Wildman–Crippen LogP) is 3.75. The van der Waals surface area contributed by atoms with Gasteiger partial charge in [-0.15, -0.1) is 0 Å². The van der Waals surface area contributed by atoms with Gasteiger partial charge in [0.05, 0.1) is 0 Å². The normalized spacial score (nSPS) is 27.1. The average Bonchev–Trinajstić information content (AvgIpc) is 2.40. The van der Waals surface area contributed by atoms with Gasteiger partial charge in [-0.1, -0.05) is 26.2 Å². The van der Waals surface area contributed by atoms with E-state index in [1.54, 1.807) is 0 Å². The van der Waals surface area contributed by atoms with Crippen LogP contribution in [-0.4, -0.2) is 23.4 Å². The molecule has 0 aromatic rings. The first-order valence-electron chi connectivity index (χ1n) is 7.60. The molecule has 1 amide bonds. The molecule has 98 valence electrons. The Hall–Kier alpha value is -0.530. The second kappa shape index (κ2) is 6.42. The van der Waals surface area contributed by atoms with Crippen LogP contribution in [-0.2, 0) is 4.79 Å². The summed E-state index contributed by atoms with van der Waals surface area (Å²) in [7, 11) is 0. The minimum Gasteiger partial charge on any atom is -0.340 e. The molecule has 2 nitrogen and oxygen atoms in total. The average molecular weight is 237 g/mol. The third-order valence-corrected chi connectivity index (χ3v) is 4.61. The van der Waals surface area contributed by atoms with Gasteiger partial charge in [0.2, 0.25) is 5.91 Å². The molecule has 0 aromatic carbocycles. The van der Waals surface area contributed by atoms with Crippen LogP contribution in [0, 0.1) is 5.92 Å². The maximum Gasteiger partial charge on any atom is 0.223 e. The van der Waals surface area contributed by atoms with Gasteiger partial charge >= 0.3 is 0 Å². The number of piperidine rings is 1. The van der Waals surface area contributed by atoms with Crippen molar-refractivity contribution in [3.8, 4) is 0 Å². The van der Waals surface area contributed by atoms with Crippen LogP contribution in [0.4, 0.5) is 0 Å². The molecule has 1 aliphatic carbocycles. The molecule has 1 unspecified atom stereocenters. The summed E-state index contributed by atoms with van der Waals surface area (Å²) < 4.78 is 0. The van der Waals surface area contributed by atoms with Crippen LogP contribution in [0.15, 0.2) is 0 Å². The molecule has 2 aliphatic rings. The highest BCUT2D eigenvalue weighted by Gasteiger charge is 2.27. The van der Waals surface area contributed by atoms with Crippen molar-refractivity contribution in [2.24, 2.45) is 5.92 Å². The third kappa shape index (κ3) is 3.46. The molecular formula is C15H27NO. The summed E-state index contributed by atoms with van der Waals surface area (Å²) in [6.07, 6.45) is 12.4. The van der Waals surface area contributed by atoms with E-state index in [1.807, 2.05) is 0 Å². The first-order chi connectivity index (χ1) is 8.31. The third-order valence-electron chi connectivity index (χ3n) is 4.61. The molecule has 2 heteroatoms. The quantitative estimate of drug-likeness (QED) is 0.732. The lowest BCUT2D eigenvalue weighted by Gasteiger charge is -2.36. The van der Waals surface area contributed by atoms with Gasteiger partial charge in [-0.3, -0.25) is 4.79 Å². The van der Waals surface area contributed by atoms with Crippen LogP contribution >= 0.6 is 0 Å². The highest BCUT2D eigenvalue weighted by molar-refractivity contribution is 5.76. The van der Waals surface area contributed by atoms with Gasteiger partial charge < -0.3 is 4.90 Å². The van der Waals surface area contributed by atoms with Crippen molar-refractivity contribution in [1.29, 1.82) is 0 Å². The highest BCUT2D eigenvalue weighted by atomic mass is 16.2. The van der Waals surface area contributed by atoms with E-state index in [9.17, 15) is 4.79 Å². The van der Waals surface area contributed by atoms with Gasteiger partial charge in [0.25, 0.3) is 0 Å². The zero-order valence-corrected chi connectivity index (χ0v) is 11.3. The van der Waals surface area contributed by atoms with Gasteiger partial charge in [-0.2, -0.15) is 0 Å². The Bertz CT molecular complexity index is 245. The first kappa shape index (κ1) is 12.9. The monoisotopic (exact) mass is 237 g/mol. The van der Waals surface area contributed by atoms with E-state index < -0.39 is 0 Å². The number of nitrogens with zero attached hydrogens (tertiary/aromatic N) is 1. The minimum absolute atomic E-state index is 0.448. The SMILES string of the molecule is CCC1CCCCN1C(=O)CC1CCCCC1. The molecule has 1 atom stereocenters. The predicted molar refractivity (Wildman–Crippen MR) is 70.8 cm³/mol. The first-order valence-corrected chi connectivity index (χ1v) is 7.60. The van der Waals surface area contributed by atoms with Crippen LogP contribution < -0.4 is 0 Å². The summed E-state index contributed by atoms with van der Waals surface area (Å²) in [6.45, 7) is 3.24. The zero-order chi connectivity index (χ0) is 12.1. The molecule has 0 spiro atoms. The summed E-state index contributed by atoms with van der Waals surface area (Å²) in [4.78, 5) is 14.6. The minimum atomic E-state index is 0.448. The Balaban J connectivity index is 1.84. The summed E-state index contributed by atoms with van der Waals surface area (Å²) >= 11 is 0. The van der Waals surface area contributed by atoms with Gasteiger partial charge in [0.1, 0.15) is 0 Å². The Kier molecular flexibility index (Phi) is 4.87. The van der Waals surface area contributed by atoms with Crippen LogP contribution in [0.25, 0.3) is 0 Å². The number of amides is 1. The van der Waals surface area contributed by atoms with Crippen molar-refractivity contribution in [2.75, 3.05) is 6.54 Å². The Labute approximate surface area is 106 Å². The second-order valence-corrected chi connectivity index (χ2v) is 5.85. The summed E-state index contributed by atoms with van der Waals surface area (Å²) in [5, 5.41) is 0. The fourth-order valence-electron chi connectivity index (χ4n) is 3.51. The zero-order valence-electron chi connectivity index (χ0n) is 11.3. The molecule has 1 heterocycles. The summed E-state index contributed by atoms with van der Waals surface area (Å²) in [5.41, 5.74) is 0. The molecule has 17 heavy (non-hydrogen) atoms. The Morgan fingerprint density at radius 3 is 2.47 bits per heavy atom. The maximum absolute atomic E-state index is 12.4. The van der Waals surface area contributed by atoms with Crippen molar-refractivity contribution in [1.82, 2.24) is 4.90 Å². The number of likely N-dealkylation sites (tertiary alicyclic amines) is 1. The van der Waals surface area contributed by atoms with E-state index in [1.165, 1.54) is 51.4 Å². The molecular weight excluding hydrogens is 210 g/mol. The number of carbonyl (C=O) groups is 1. The van der Waals surface area contributed by atoms with Gasteiger partial charge in [-0.25, -0.2) is 0 Å². The largest absolute Gasteiger partial charge is 0.340 e. The van der Waals surface area contributed by atoms with Gasteiger partial charge in [0.15, 0.2) is 0 Å². The van der Waals surface area contributed by atoms with Crippen LogP contribution in [0.3, 0.4) is 0 Å². The standard InChI is InChI=1S/C15H27NO/c1-2-14-10-6-7-11-16(14)15(17)12-13-8-4-3-5-9-13/h13-14H,2-12H2,1H3. The molecule has 1 saturated carbocycles. The van der Waals surface area contributed by atoms with Crippen LogP contribution in [0.1, 0.15) is 71.1 Å². The molecule has 2 rings (SSSR count). The fraction of sp³-hybridized carbons (Fsp3) is 0.933. The maximum atomic E-state index is 12.4. The highest BCUT2D eigenvalue weighted by Crippen LogP contribution is 2.28. The van der Waals surface area contributed by atoms with E-state index in [2.05, 4.69) is 11.8 Å². The van der Waals surface area contributed by atoms with Crippen molar-refractivity contribution in [2.45, 2.75) is 77.2 Å². The van der Waals surface area contributed by atoms with E-state index in [0.29, 0.717) is 17.9 Å². The Morgan fingerprint density at radius 1 is 1.06 bits per heavy atom. The molecule has 1 saturated heterocycles. The van der Waals surface area contributed by atoms with Crippen molar-refractivity contribution in [3.63, 3.8) is 0 Å². The molecule has 0 bridgehead atoms. The molecule has 0 radical (unpaired) electrons. The van der Waals surface area contributed by atoms with Gasteiger partial charge in [-0.05, 0) is 44.4 Å². The van der Waals surface area contributed by atoms with Crippen molar-refractivity contribution < 1.29 is 4.79 Å². The lowest BCUT2D eigenvalue weighted by atomic mass is 9.86. The second-order valence-electron chi connectivity index (χ2n) is 5.85. The number of hydrogen-bond donors (Lipinski definition) is 0. The topological polar surface area (TPSA) is 20.3 Å². The molecule has 0 aromatic heterocycles. The van der Waals surface area contributed by atoms with Crippen molar-refractivity contribution >= 4 is 5.91 Å². The number of rotatable bonds is 3. The van der Waals surface area contributed by atoms with E-state index in [4.69, 9.17) is 0 Å². The fourth-order valence-corrected chi connectivity index (χ4v) is 3.51. The molecule has 1 aliphatic heterocycles. The van der Waals surface area contributed by atoms with E-state index >= 15 is 0 Å². The number of hydrogen-bond acceptors (Lipinski definition) is 1. The van der Waals surface area contributed by atoms with Crippen molar-refractivity contribution in [3.05, 3.63) is 0 Å². The van der Waals surface area contributed by atoms with Gasteiger partial charge in [0, 0.05) is 19.0 Å². The molecule has 2 fully saturated rings. The Morgan fingerprint density at radius 2 is 1.76 bits per heavy atom. The number of carbonyl (C=O) groups excluding carboxylic acids is 1. The smallest absolute Gasteiger partial charge is 0.223 e. The lowest BCUT2D eigenvalue weighted by molar-refractivity contribution is -0.136. The lowest BCUT2D eigenvalue weighted by Crippen LogP contribution is -2.44. The van der Waals surface area contributed by atoms with E-state index in [-0.39, 0.29) is 0 Å². The van der Waals surface area contributed by atoms with Crippen LogP contribution in [0.2, 0.25) is 0 Å². The van der Waals surface area contributed by atoms with E-state index in [0.717, 1.165) is 19.4 Å².